The highest BCUT2D eigenvalue weighted by Crippen LogP contribution is 2.43. The van der Waals surface area contributed by atoms with Crippen LogP contribution < -0.4 is 5.32 Å². The average Bonchev–Trinajstić information content (AvgIpc) is 3.28. The van der Waals surface area contributed by atoms with Crippen molar-refractivity contribution < 1.29 is 9.59 Å². The topological polar surface area (TPSA) is 62.3 Å². The predicted molar refractivity (Wildman–Crippen MR) is 78.1 cm³/mol. The van der Waals surface area contributed by atoms with E-state index in [1.165, 1.54) is 0 Å². The minimum Gasteiger partial charge on any atom is -0.340 e. The zero-order valence-corrected chi connectivity index (χ0v) is 12.7. The van der Waals surface area contributed by atoms with Gasteiger partial charge in [-0.3, -0.25) is 14.6 Å². The highest BCUT2D eigenvalue weighted by molar-refractivity contribution is 6.02. The van der Waals surface area contributed by atoms with Crippen LogP contribution in [0.1, 0.15) is 39.2 Å². The van der Waals surface area contributed by atoms with Gasteiger partial charge in [-0.15, -0.1) is 0 Å². The summed E-state index contributed by atoms with van der Waals surface area (Å²) < 4.78 is 0. The minimum absolute atomic E-state index is 0.0125. The van der Waals surface area contributed by atoms with Crippen LogP contribution in [-0.4, -0.2) is 32.8 Å². The molecule has 1 N–H and O–H groups in total. The van der Waals surface area contributed by atoms with Crippen LogP contribution in [0, 0.1) is 5.92 Å². The van der Waals surface area contributed by atoms with Crippen molar-refractivity contribution in [1.29, 1.82) is 0 Å². The largest absolute Gasteiger partial charge is 0.340 e. The normalized spacial score (nSPS) is 28.4. The van der Waals surface area contributed by atoms with Gasteiger partial charge < -0.3 is 10.2 Å². The maximum absolute atomic E-state index is 13.0. The Morgan fingerprint density at radius 2 is 2.05 bits per heavy atom. The van der Waals surface area contributed by atoms with Crippen LogP contribution in [-0.2, 0) is 16.1 Å². The number of aromatic nitrogens is 1. The fourth-order valence-corrected chi connectivity index (χ4v) is 2.98. The first-order valence-electron chi connectivity index (χ1n) is 7.39. The van der Waals surface area contributed by atoms with Crippen LogP contribution in [0.3, 0.4) is 0 Å². The Morgan fingerprint density at radius 3 is 2.62 bits per heavy atom. The first-order valence-corrected chi connectivity index (χ1v) is 7.39. The summed E-state index contributed by atoms with van der Waals surface area (Å²) in [5.74, 6) is 0.195. The molecule has 3 rings (SSSR count). The molecule has 0 aromatic carbocycles. The van der Waals surface area contributed by atoms with Gasteiger partial charge in [-0.05, 0) is 51.2 Å². The van der Waals surface area contributed by atoms with Gasteiger partial charge in [-0.2, -0.15) is 0 Å². The van der Waals surface area contributed by atoms with Crippen molar-refractivity contribution in [2.24, 2.45) is 5.92 Å². The second-order valence-corrected chi connectivity index (χ2v) is 6.74. The molecular formula is C16H21N3O2. The first kappa shape index (κ1) is 14.0. The lowest BCUT2D eigenvalue weighted by atomic mass is 9.85. The van der Waals surface area contributed by atoms with Gasteiger partial charge in [0.25, 0.3) is 0 Å². The van der Waals surface area contributed by atoms with Gasteiger partial charge in [0.05, 0.1) is 0 Å². The van der Waals surface area contributed by atoms with Crippen molar-refractivity contribution in [2.75, 3.05) is 0 Å². The smallest absolute Gasteiger partial charge is 0.249 e. The van der Waals surface area contributed by atoms with E-state index in [0.717, 1.165) is 18.4 Å². The highest BCUT2D eigenvalue weighted by Gasteiger charge is 2.57. The number of piperazine rings is 1. The molecule has 0 radical (unpaired) electrons. The quantitative estimate of drug-likeness (QED) is 0.916. The van der Waals surface area contributed by atoms with Gasteiger partial charge in [-0.1, -0.05) is 6.07 Å². The molecule has 2 aliphatic rings. The molecule has 1 unspecified atom stereocenters. The summed E-state index contributed by atoms with van der Waals surface area (Å²) in [4.78, 5) is 31.3. The maximum Gasteiger partial charge on any atom is 0.249 e. The van der Waals surface area contributed by atoms with E-state index in [1.54, 1.807) is 31.1 Å². The third kappa shape index (κ3) is 2.20. The van der Waals surface area contributed by atoms with E-state index in [9.17, 15) is 9.59 Å². The van der Waals surface area contributed by atoms with E-state index < -0.39 is 11.1 Å². The molecule has 0 bridgehead atoms. The number of carbonyl (C=O) groups excluding carboxylic acids is 2. The molecule has 1 aliphatic carbocycles. The number of pyridine rings is 1. The zero-order chi connectivity index (χ0) is 15.3. The maximum atomic E-state index is 13.0. The van der Waals surface area contributed by atoms with E-state index in [1.807, 2.05) is 19.1 Å². The van der Waals surface area contributed by atoms with Gasteiger partial charge in [0.1, 0.15) is 11.1 Å². The highest BCUT2D eigenvalue weighted by atomic mass is 16.2. The number of amides is 2. The lowest BCUT2D eigenvalue weighted by molar-refractivity contribution is -0.162. The molecule has 2 heterocycles. The Kier molecular flexibility index (Phi) is 3.04. The Hall–Kier alpha value is -1.91. The van der Waals surface area contributed by atoms with Crippen LogP contribution in [0.15, 0.2) is 24.5 Å². The summed E-state index contributed by atoms with van der Waals surface area (Å²) in [6, 6.07) is 3.77. The Morgan fingerprint density at radius 1 is 1.33 bits per heavy atom. The van der Waals surface area contributed by atoms with Crippen LogP contribution in [0.4, 0.5) is 0 Å². The lowest BCUT2D eigenvalue weighted by Gasteiger charge is -2.49. The lowest BCUT2D eigenvalue weighted by Crippen LogP contribution is -2.73. The molecule has 0 spiro atoms. The number of nitrogens with one attached hydrogen (secondary N) is 1. The van der Waals surface area contributed by atoms with Gasteiger partial charge in [-0.25, -0.2) is 0 Å². The number of rotatable bonds is 3. The molecule has 21 heavy (non-hydrogen) atoms. The van der Waals surface area contributed by atoms with Gasteiger partial charge in [0.2, 0.25) is 11.8 Å². The monoisotopic (exact) mass is 287 g/mol. The average molecular weight is 287 g/mol. The zero-order valence-electron chi connectivity index (χ0n) is 12.7. The van der Waals surface area contributed by atoms with Crippen molar-refractivity contribution >= 4 is 11.8 Å². The SMILES string of the molecule is CC1(C2CC2)NC(=O)C(C)(C)N(Cc2cccnc2)C1=O. The van der Waals surface area contributed by atoms with Crippen molar-refractivity contribution in [3.63, 3.8) is 0 Å². The molecule has 1 saturated heterocycles. The summed E-state index contributed by atoms with van der Waals surface area (Å²) in [6.45, 7) is 5.86. The summed E-state index contributed by atoms with van der Waals surface area (Å²) in [7, 11) is 0. The molecule has 1 aromatic heterocycles. The number of nitrogens with zero attached hydrogens (tertiary/aromatic N) is 2. The molecule has 112 valence electrons. The molecule has 1 saturated carbocycles. The third-order valence-corrected chi connectivity index (χ3v) is 4.75. The van der Waals surface area contributed by atoms with Gasteiger partial charge in [0.15, 0.2) is 0 Å². The second-order valence-electron chi connectivity index (χ2n) is 6.74. The van der Waals surface area contributed by atoms with Crippen LogP contribution >= 0.6 is 0 Å². The van der Waals surface area contributed by atoms with E-state index in [-0.39, 0.29) is 17.7 Å². The van der Waals surface area contributed by atoms with E-state index in [0.29, 0.717) is 6.54 Å². The van der Waals surface area contributed by atoms with E-state index in [4.69, 9.17) is 0 Å². The number of carbonyl (C=O) groups is 2. The second kappa shape index (κ2) is 4.55. The summed E-state index contributed by atoms with van der Waals surface area (Å²) in [5, 5.41) is 2.96. The Balaban J connectivity index is 1.94. The van der Waals surface area contributed by atoms with Crippen molar-refractivity contribution in [2.45, 2.75) is 51.2 Å². The van der Waals surface area contributed by atoms with Gasteiger partial charge >= 0.3 is 0 Å². The Labute approximate surface area is 124 Å². The van der Waals surface area contributed by atoms with Gasteiger partial charge in [0, 0.05) is 18.9 Å². The molecule has 2 fully saturated rings. The van der Waals surface area contributed by atoms with Crippen LogP contribution in [0.25, 0.3) is 0 Å². The minimum atomic E-state index is -0.846. The van der Waals surface area contributed by atoms with Crippen molar-refractivity contribution in [3.8, 4) is 0 Å². The molecule has 1 aromatic rings. The van der Waals surface area contributed by atoms with Crippen LogP contribution in [0.5, 0.6) is 0 Å². The fourth-order valence-electron chi connectivity index (χ4n) is 2.98. The molecule has 5 heteroatoms. The fraction of sp³-hybridized carbons (Fsp3) is 0.562. The predicted octanol–water partition coefficient (Wildman–Crippen LogP) is 1.49. The Bertz CT molecular complexity index is 580. The standard InChI is InChI=1S/C16H21N3O2/c1-15(2)13(20)18-16(3,12-6-7-12)14(21)19(15)10-11-5-4-8-17-9-11/h4-5,8-9,12H,6-7,10H2,1-3H3,(H,18,20). The van der Waals surface area contributed by atoms with Crippen LogP contribution in [0.2, 0.25) is 0 Å². The van der Waals surface area contributed by atoms with Crippen molar-refractivity contribution in [3.05, 3.63) is 30.1 Å². The first-order chi connectivity index (χ1) is 9.85. The number of hydrogen-bond acceptors (Lipinski definition) is 3. The molecule has 5 nitrogen and oxygen atoms in total. The molecular weight excluding hydrogens is 266 g/mol. The number of hydrogen-bond donors (Lipinski definition) is 1. The molecule has 1 aliphatic heterocycles. The van der Waals surface area contributed by atoms with E-state index >= 15 is 0 Å². The molecule has 2 amide bonds. The van der Waals surface area contributed by atoms with Crippen molar-refractivity contribution in [1.82, 2.24) is 15.2 Å². The summed E-state index contributed by atoms with van der Waals surface area (Å²) in [5.41, 5.74) is -0.664. The third-order valence-electron chi connectivity index (χ3n) is 4.75. The van der Waals surface area contributed by atoms with E-state index in [2.05, 4.69) is 10.3 Å². The summed E-state index contributed by atoms with van der Waals surface area (Å²) in [6.07, 6.45) is 5.45. The molecule has 1 atom stereocenters. The summed E-state index contributed by atoms with van der Waals surface area (Å²) >= 11 is 0.